The van der Waals surface area contributed by atoms with Gasteiger partial charge in [-0.3, -0.25) is 4.79 Å². The Kier molecular flexibility index (Phi) is 4.83. The lowest BCUT2D eigenvalue weighted by Crippen LogP contribution is -2.24. The van der Waals surface area contributed by atoms with Crippen molar-refractivity contribution in [3.63, 3.8) is 0 Å². The average molecular weight is 362 g/mol. The summed E-state index contributed by atoms with van der Waals surface area (Å²) in [5.74, 6) is -0.0892. The minimum atomic E-state index is -0.0892. The van der Waals surface area contributed by atoms with Crippen LogP contribution in [0.4, 0.5) is 0 Å². The number of fused-ring (bicyclic) bond motifs is 1. The maximum absolute atomic E-state index is 12.3. The molecule has 0 radical (unpaired) electrons. The van der Waals surface area contributed by atoms with E-state index in [0.717, 1.165) is 33.2 Å². The highest BCUT2D eigenvalue weighted by molar-refractivity contribution is 6.33. The van der Waals surface area contributed by atoms with E-state index in [1.54, 1.807) is 12.3 Å². The molecular formula is C19H17Cl2NO2. The average Bonchev–Trinajstić information content (AvgIpc) is 2.94. The van der Waals surface area contributed by atoms with Gasteiger partial charge in [0.2, 0.25) is 5.91 Å². The smallest absolute Gasteiger partial charge is 0.224 e. The molecule has 24 heavy (non-hydrogen) atoms. The van der Waals surface area contributed by atoms with Crippen LogP contribution in [0.2, 0.25) is 10.0 Å². The first kappa shape index (κ1) is 16.9. The van der Waals surface area contributed by atoms with E-state index in [0.29, 0.717) is 16.6 Å². The Hall–Kier alpha value is -1.97. The van der Waals surface area contributed by atoms with Crippen LogP contribution in [0.5, 0.6) is 0 Å². The molecule has 1 amide bonds. The third kappa shape index (κ3) is 3.28. The molecule has 2 aromatic carbocycles. The molecule has 5 heteroatoms. The van der Waals surface area contributed by atoms with Crippen LogP contribution in [0, 0.1) is 13.8 Å². The van der Waals surface area contributed by atoms with Crippen molar-refractivity contribution in [3.8, 4) is 0 Å². The first-order chi connectivity index (χ1) is 11.5. The van der Waals surface area contributed by atoms with E-state index in [1.165, 1.54) is 0 Å². The Bertz CT molecular complexity index is 915. The van der Waals surface area contributed by atoms with Crippen LogP contribution in [0.1, 0.15) is 22.3 Å². The summed E-state index contributed by atoms with van der Waals surface area (Å²) in [5, 5.41) is 5.16. The Morgan fingerprint density at radius 1 is 1.17 bits per heavy atom. The lowest BCUT2D eigenvalue weighted by Gasteiger charge is -2.08. The SMILES string of the molecule is Cc1cc2occ(CC(=O)NCc3ccccc3Cl)c2c(C)c1Cl. The summed E-state index contributed by atoms with van der Waals surface area (Å²) in [6.07, 6.45) is 1.86. The highest BCUT2D eigenvalue weighted by atomic mass is 35.5. The van der Waals surface area contributed by atoms with E-state index in [1.807, 2.05) is 38.1 Å². The van der Waals surface area contributed by atoms with Crippen molar-refractivity contribution in [1.29, 1.82) is 0 Å². The largest absolute Gasteiger partial charge is 0.464 e. The molecule has 0 aliphatic carbocycles. The Balaban J connectivity index is 1.77. The second-order valence-electron chi connectivity index (χ2n) is 5.81. The van der Waals surface area contributed by atoms with Gasteiger partial charge in [-0.1, -0.05) is 41.4 Å². The monoisotopic (exact) mass is 361 g/mol. The molecule has 0 saturated carbocycles. The number of carbonyl (C=O) groups excluding carboxylic acids is 1. The van der Waals surface area contributed by atoms with Gasteiger partial charge in [0.25, 0.3) is 0 Å². The molecular weight excluding hydrogens is 345 g/mol. The molecule has 1 N–H and O–H groups in total. The molecule has 0 spiro atoms. The Morgan fingerprint density at radius 2 is 1.92 bits per heavy atom. The van der Waals surface area contributed by atoms with Crippen molar-refractivity contribution in [2.24, 2.45) is 0 Å². The maximum Gasteiger partial charge on any atom is 0.224 e. The molecule has 1 heterocycles. The molecule has 0 saturated heterocycles. The summed E-state index contributed by atoms with van der Waals surface area (Å²) in [5.41, 5.74) is 4.38. The summed E-state index contributed by atoms with van der Waals surface area (Å²) in [7, 11) is 0. The molecule has 0 fully saturated rings. The van der Waals surface area contributed by atoms with Gasteiger partial charge in [0, 0.05) is 27.5 Å². The molecule has 1 aromatic heterocycles. The first-order valence-corrected chi connectivity index (χ1v) is 8.39. The number of rotatable bonds is 4. The van der Waals surface area contributed by atoms with E-state index in [2.05, 4.69) is 5.32 Å². The van der Waals surface area contributed by atoms with Crippen LogP contribution in [0.25, 0.3) is 11.0 Å². The predicted octanol–water partition coefficient (Wildman–Crippen LogP) is 5.22. The van der Waals surface area contributed by atoms with Crippen LogP contribution in [0.3, 0.4) is 0 Å². The fourth-order valence-corrected chi connectivity index (χ4v) is 3.16. The van der Waals surface area contributed by atoms with Crippen molar-refractivity contribution < 1.29 is 9.21 Å². The van der Waals surface area contributed by atoms with Gasteiger partial charge in [0.1, 0.15) is 5.58 Å². The quantitative estimate of drug-likeness (QED) is 0.692. The fraction of sp³-hybridized carbons (Fsp3) is 0.211. The van der Waals surface area contributed by atoms with E-state index >= 15 is 0 Å². The van der Waals surface area contributed by atoms with Gasteiger partial charge in [-0.2, -0.15) is 0 Å². The van der Waals surface area contributed by atoms with Crippen LogP contribution >= 0.6 is 23.2 Å². The normalized spacial score (nSPS) is 11.0. The van der Waals surface area contributed by atoms with Crippen LogP contribution in [-0.4, -0.2) is 5.91 Å². The third-order valence-corrected chi connectivity index (χ3v) is 5.03. The summed E-state index contributed by atoms with van der Waals surface area (Å²) >= 11 is 12.4. The minimum Gasteiger partial charge on any atom is -0.464 e. The number of hydrogen-bond donors (Lipinski definition) is 1. The first-order valence-electron chi connectivity index (χ1n) is 7.63. The predicted molar refractivity (Wildman–Crippen MR) is 97.7 cm³/mol. The Labute approximate surface area is 150 Å². The van der Waals surface area contributed by atoms with Crippen LogP contribution < -0.4 is 5.32 Å². The van der Waals surface area contributed by atoms with Gasteiger partial charge in [0.05, 0.1) is 12.7 Å². The molecule has 124 valence electrons. The van der Waals surface area contributed by atoms with Gasteiger partial charge in [-0.15, -0.1) is 0 Å². The number of amides is 1. The zero-order valence-electron chi connectivity index (χ0n) is 13.5. The van der Waals surface area contributed by atoms with Crippen LogP contribution in [-0.2, 0) is 17.8 Å². The van der Waals surface area contributed by atoms with Crippen molar-refractivity contribution in [2.75, 3.05) is 0 Å². The number of nitrogens with one attached hydrogen (secondary N) is 1. The molecule has 3 nitrogen and oxygen atoms in total. The molecule has 3 aromatic rings. The van der Waals surface area contributed by atoms with E-state index in [4.69, 9.17) is 27.6 Å². The number of hydrogen-bond acceptors (Lipinski definition) is 2. The van der Waals surface area contributed by atoms with Gasteiger partial charge in [-0.25, -0.2) is 0 Å². The number of aryl methyl sites for hydroxylation is 2. The molecule has 0 aliphatic rings. The molecule has 0 bridgehead atoms. The van der Waals surface area contributed by atoms with Crippen LogP contribution in [0.15, 0.2) is 41.0 Å². The molecule has 0 aliphatic heterocycles. The summed E-state index contributed by atoms with van der Waals surface area (Å²) in [4.78, 5) is 12.3. The second kappa shape index (κ2) is 6.88. The van der Waals surface area contributed by atoms with Gasteiger partial charge < -0.3 is 9.73 Å². The standard InChI is InChI=1S/C19H17Cl2NO2/c1-11-7-16-18(12(2)19(11)21)14(10-24-16)8-17(23)22-9-13-5-3-4-6-15(13)20/h3-7,10H,8-9H2,1-2H3,(H,22,23). The summed E-state index contributed by atoms with van der Waals surface area (Å²) < 4.78 is 5.59. The highest BCUT2D eigenvalue weighted by Crippen LogP contribution is 2.32. The Morgan fingerprint density at radius 3 is 2.67 bits per heavy atom. The molecule has 3 rings (SSSR count). The number of carbonyl (C=O) groups is 1. The zero-order valence-corrected chi connectivity index (χ0v) is 15.0. The summed E-state index contributed by atoms with van der Waals surface area (Å²) in [6.45, 7) is 4.28. The fourth-order valence-electron chi connectivity index (χ4n) is 2.81. The molecule has 0 unspecified atom stereocenters. The van der Waals surface area contributed by atoms with Gasteiger partial charge in [-0.05, 0) is 42.7 Å². The maximum atomic E-state index is 12.3. The van der Waals surface area contributed by atoms with E-state index < -0.39 is 0 Å². The zero-order chi connectivity index (χ0) is 17.3. The minimum absolute atomic E-state index is 0.0892. The van der Waals surface area contributed by atoms with E-state index in [-0.39, 0.29) is 12.3 Å². The van der Waals surface area contributed by atoms with Crippen molar-refractivity contribution >= 4 is 40.1 Å². The number of benzene rings is 2. The summed E-state index contributed by atoms with van der Waals surface area (Å²) in [6, 6.07) is 9.35. The second-order valence-corrected chi connectivity index (χ2v) is 6.60. The number of halogens is 2. The van der Waals surface area contributed by atoms with Crippen molar-refractivity contribution in [2.45, 2.75) is 26.8 Å². The highest BCUT2D eigenvalue weighted by Gasteiger charge is 2.15. The van der Waals surface area contributed by atoms with Crippen molar-refractivity contribution in [1.82, 2.24) is 5.32 Å². The lowest BCUT2D eigenvalue weighted by atomic mass is 10.0. The van der Waals surface area contributed by atoms with Gasteiger partial charge in [0.15, 0.2) is 0 Å². The van der Waals surface area contributed by atoms with Crippen molar-refractivity contribution in [3.05, 3.63) is 68.9 Å². The lowest BCUT2D eigenvalue weighted by molar-refractivity contribution is -0.120. The topological polar surface area (TPSA) is 42.2 Å². The molecule has 0 atom stereocenters. The number of furan rings is 1. The third-order valence-electron chi connectivity index (χ3n) is 4.08. The van der Waals surface area contributed by atoms with Gasteiger partial charge >= 0.3 is 0 Å². The van der Waals surface area contributed by atoms with E-state index in [9.17, 15) is 4.79 Å².